The van der Waals surface area contributed by atoms with Gasteiger partial charge in [0.25, 0.3) is 10.1 Å². The molecular formula is C12H20N2O4S. The molecule has 2 aliphatic rings. The third-order valence-electron chi connectivity index (χ3n) is 3.65. The summed E-state index contributed by atoms with van der Waals surface area (Å²) < 4.78 is 31.1. The lowest BCUT2D eigenvalue weighted by molar-refractivity contribution is -0.133. The van der Waals surface area contributed by atoms with Crippen LogP contribution in [0.5, 0.6) is 0 Å². The van der Waals surface area contributed by atoms with Crippen molar-refractivity contribution < 1.29 is 17.8 Å². The number of carbonyl (C=O) groups is 1. The van der Waals surface area contributed by atoms with E-state index in [1.807, 2.05) is 0 Å². The molecular weight excluding hydrogens is 268 g/mol. The standard InChI is InChI=1S/C12H20N2O4S/c15-12(14-6-4-2-1-3-5-7-14)11-8-10(9-13-11)19(16,17)18/h1-2,10-11,13H,3-9H2,(H,16,17,18)/b2-1-. The predicted octanol–water partition coefficient (Wildman–Crippen LogP) is 0.173. The Hall–Kier alpha value is -0.920. The molecule has 1 fully saturated rings. The van der Waals surface area contributed by atoms with Crippen LogP contribution in [0.3, 0.4) is 0 Å². The monoisotopic (exact) mass is 288 g/mol. The van der Waals surface area contributed by atoms with Crippen LogP contribution >= 0.6 is 0 Å². The quantitative estimate of drug-likeness (QED) is 0.559. The van der Waals surface area contributed by atoms with Crippen LogP contribution in [-0.2, 0) is 14.9 Å². The second-order valence-corrected chi connectivity index (χ2v) is 6.76. The van der Waals surface area contributed by atoms with Crippen molar-refractivity contribution in [1.82, 2.24) is 10.2 Å². The lowest BCUT2D eigenvalue weighted by Gasteiger charge is -2.26. The van der Waals surface area contributed by atoms with E-state index in [2.05, 4.69) is 17.5 Å². The number of allylic oxidation sites excluding steroid dienone is 1. The van der Waals surface area contributed by atoms with Gasteiger partial charge in [-0.1, -0.05) is 12.2 Å². The van der Waals surface area contributed by atoms with Crippen LogP contribution in [0.15, 0.2) is 12.2 Å². The Kier molecular flexibility index (Phi) is 4.59. The molecule has 0 bridgehead atoms. The molecule has 0 saturated carbocycles. The van der Waals surface area contributed by atoms with Gasteiger partial charge in [0.2, 0.25) is 5.91 Å². The van der Waals surface area contributed by atoms with Crippen molar-refractivity contribution in [2.45, 2.75) is 37.0 Å². The molecule has 19 heavy (non-hydrogen) atoms. The van der Waals surface area contributed by atoms with Gasteiger partial charge >= 0.3 is 0 Å². The maximum absolute atomic E-state index is 12.3. The van der Waals surface area contributed by atoms with Crippen molar-refractivity contribution in [2.75, 3.05) is 19.6 Å². The Labute approximate surface area is 113 Å². The van der Waals surface area contributed by atoms with Crippen LogP contribution in [0.4, 0.5) is 0 Å². The van der Waals surface area contributed by atoms with Crippen LogP contribution in [0, 0.1) is 0 Å². The van der Waals surface area contributed by atoms with Crippen LogP contribution in [0.2, 0.25) is 0 Å². The van der Waals surface area contributed by atoms with Crippen molar-refractivity contribution >= 4 is 16.0 Å². The van der Waals surface area contributed by atoms with Crippen LogP contribution in [0.25, 0.3) is 0 Å². The minimum atomic E-state index is -4.06. The number of hydrogen-bond donors (Lipinski definition) is 2. The Balaban J connectivity index is 1.95. The van der Waals surface area contributed by atoms with E-state index in [1.165, 1.54) is 0 Å². The molecule has 1 saturated heterocycles. The Morgan fingerprint density at radius 1 is 1.26 bits per heavy atom. The molecule has 0 radical (unpaired) electrons. The van der Waals surface area contributed by atoms with Crippen molar-refractivity contribution in [1.29, 1.82) is 0 Å². The summed E-state index contributed by atoms with van der Waals surface area (Å²) in [5.74, 6) is -0.0542. The number of amides is 1. The van der Waals surface area contributed by atoms with E-state index in [0.717, 1.165) is 19.3 Å². The van der Waals surface area contributed by atoms with E-state index in [1.54, 1.807) is 4.90 Å². The molecule has 0 spiro atoms. The zero-order valence-corrected chi connectivity index (χ0v) is 11.6. The maximum atomic E-state index is 12.3. The molecule has 6 nitrogen and oxygen atoms in total. The lowest BCUT2D eigenvalue weighted by Crippen LogP contribution is -2.44. The molecule has 2 rings (SSSR count). The molecule has 0 aromatic rings. The first-order valence-electron chi connectivity index (χ1n) is 6.62. The first-order chi connectivity index (χ1) is 8.98. The van der Waals surface area contributed by atoms with Crippen LogP contribution in [-0.4, -0.2) is 54.7 Å². The number of nitrogens with one attached hydrogen (secondary N) is 1. The fourth-order valence-corrected chi connectivity index (χ4v) is 3.28. The van der Waals surface area contributed by atoms with Crippen molar-refractivity contribution in [3.05, 3.63) is 12.2 Å². The topological polar surface area (TPSA) is 86.7 Å². The zero-order valence-electron chi connectivity index (χ0n) is 10.8. The van der Waals surface area contributed by atoms with Gasteiger partial charge in [-0.15, -0.1) is 0 Å². The van der Waals surface area contributed by atoms with Gasteiger partial charge < -0.3 is 10.2 Å². The molecule has 2 heterocycles. The average Bonchev–Trinajstić information content (AvgIpc) is 2.76. The van der Waals surface area contributed by atoms with Gasteiger partial charge in [-0.3, -0.25) is 9.35 Å². The molecule has 2 aliphatic heterocycles. The SMILES string of the molecule is O=C(C1CC(S(=O)(=O)O)CN1)N1CC/C=C\CCC1. The Bertz CT molecular complexity index is 460. The summed E-state index contributed by atoms with van der Waals surface area (Å²) in [6.45, 7) is 1.52. The molecule has 0 aromatic heterocycles. The summed E-state index contributed by atoms with van der Waals surface area (Å²) in [5.41, 5.74) is 0. The van der Waals surface area contributed by atoms with E-state index in [9.17, 15) is 13.2 Å². The zero-order chi connectivity index (χ0) is 13.9. The number of rotatable bonds is 2. The minimum absolute atomic E-state index is 0.0542. The van der Waals surface area contributed by atoms with E-state index in [0.29, 0.717) is 13.1 Å². The van der Waals surface area contributed by atoms with Gasteiger partial charge in [-0.2, -0.15) is 8.42 Å². The smallest absolute Gasteiger partial charge is 0.269 e. The summed E-state index contributed by atoms with van der Waals surface area (Å²) in [4.78, 5) is 14.1. The Morgan fingerprint density at radius 3 is 2.68 bits per heavy atom. The van der Waals surface area contributed by atoms with Crippen molar-refractivity contribution in [2.24, 2.45) is 0 Å². The van der Waals surface area contributed by atoms with Gasteiger partial charge in [0.15, 0.2) is 0 Å². The minimum Gasteiger partial charge on any atom is -0.341 e. The van der Waals surface area contributed by atoms with Crippen molar-refractivity contribution in [3.63, 3.8) is 0 Å². The van der Waals surface area contributed by atoms with Crippen molar-refractivity contribution in [3.8, 4) is 0 Å². The van der Waals surface area contributed by atoms with E-state index >= 15 is 0 Å². The highest BCUT2D eigenvalue weighted by Crippen LogP contribution is 2.17. The summed E-state index contributed by atoms with van der Waals surface area (Å²) in [6, 6.07) is -0.490. The Morgan fingerprint density at radius 2 is 2.00 bits per heavy atom. The normalized spacial score (nSPS) is 30.7. The fraction of sp³-hybridized carbons (Fsp3) is 0.750. The molecule has 2 N–H and O–H groups in total. The second-order valence-electron chi connectivity index (χ2n) is 5.06. The highest BCUT2D eigenvalue weighted by molar-refractivity contribution is 7.86. The van der Waals surface area contributed by atoms with E-state index in [4.69, 9.17) is 4.55 Å². The highest BCUT2D eigenvalue weighted by atomic mass is 32.2. The third kappa shape index (κ3) is 3.77. The summed E-state index contributed by atoms with van der Waals surface area (Å²) in [7, 11) is -4.06. The van der Waals surface area contributed by atoms with Gasteiger partial charge in [-0.05, 0) is 25.7 Å². The van der Waals surface area contributed by atoms with Gasteiger partial charge in [0, 0.05) is 19.6 Å². The van der Waals surface area contributed by atoms with Gasteiger partial charge in [-0.25, -0.2) is 0 Å². The summed E-state index contributed by atoms with van der Waals surface area (Å²) in [5, 5.41) is 2.03. The number of hydrogen-bond acceptors (Lipinski definition) is 4. The highest BCUT2D eigenvalue weighted by Gasteiger charge is 2.37. The molecule has 2 unspecified atom stereocenters. The third-order valence-corrected chi connectivity index (χ3v) is 4.85. The molecule has 108 valence electrons. The average molecular weight is 288 g/mol. The van der Waals surface area contributed by atoms with Crippen LogP contribution < -0.4 is 5.32 Å². The molecule has 2 atom stereocenters. The summed E-state index contributed by atoms with van der Waals surface area (Å²) in [6.07, 6.45) is 7.09. The molecule has 0 aliphatic carbocycles. The fourth-order valence-electron chi connectivity index (χ4n) is 2.54. The lowest BCUT2D eigenvalue weighted by atomic mass is 10.1. The second kappa shape index (κ2) is 6.02. The van der Waals surface area contributed by atoms with Gasteiger partial charge in [0.05, 0.1) is 6.04 Å². The largest absolute Gasteiger partial charge is 0.341 e. The van der Waals surface area contributed by atoms with E-state index in [-0.39, 0.29) is 18.9 Å². The first kappa shape index (κ1) is 14.5. The number of nitrogens with zero attached hydrogens (tertiary/aromatic N) is 1. The first-order valence-corrected chi connectivity index (χ1v) is 8.12. The number of carbonyl (C=O) groups excluding carboxylic acids is 1. The van der Waals surface area contributed by atoms with E-state index < -0.39 is 21.4 Å². The van der Waals surface area contributed by atoms with Crippen LogP contribution in [0.1, 0.15) is 25.7 Å². The summed E-state index contributed by atoms with van der Waals surface area (Å²) >= 11 is 0. The molecule has 1 amide bonds. The maximum Gasteiger partial charge on any atom is 0.269 e. The molecule has 0 aromatic carbocycles. The predicted molar refractivity (Wildman–Crippen MR) is 71.3 cm³/mol. The molecule has 7 heteroatoms. The van der Waals surface area contributed by atoms with Gasteiger partial charge in [0.1, 0.15) is 5.25 Å².